The quantitative estimate of drug-likeness (QED) is 0.415. The van der Waals surface area contributed by atoms with Gasteiger partial charge in [0.05, 0.1) is 0 Å². The van der Waals surface area contributed by atoms with Gasteiger partial charge in [0.15, 0.2) is 0 Å². The average Bonchev–Trinajstić information content (AvgIpc) is 0.811. The molecule has 0 aromatic heterocycles. The Morgan fingerprint density at radius 2 is 1.40 bits per heavy atom. The zero-order valence-corrected chi connectivity index (χ0v) is 7.79. The Hall–Kier alpha value is 1.59. The van der Waals surface area contributed by atoms with Crippen molar-refractivity contribution < 1.29 is 14.4 Å². The van der Waals surface area contributed by atoms with Crippen LogP contribution in [0.4, 0.5) is 0 Å². The molecule has 0 unspecified atom stereocenters. The Bertz CT molecular complexity index is 29.9. The van der Waals surface area contributed by atoms with Crippen LogP contribution in [-0.2, 0) is 4.57 Å². The van der Waals surface area contributed by atoms with Gasteiger partial charge in [-0.05, 0) is 0 Å². The van der Waals surface area contributed by atoms with Gasteiger partial charge in [0, 0.05) is 53.4 Å². The fourth-order valence-corrected chi connectivity index (χ4v) is 0. The molecule has 26 valence electrons. The van der Waals surface area contributed by atoms with Gasteiger partial charge in [-0.2, -0.15) is 0 Å². The van der Waals surface area contributed by atoms with E-state index in [2.05, 4.69) is 0 Å². The van der Waals surface area contributed by atoms with E-state index in [0.717, 1.165) is 0 Å². The normalized spacial score (nSPS) is 5.20. The van der Waals surface area contributed by atoms with Crippen molar-refractivity contribution in [1.29, 1.82) is 0 Å². The van der Waals surface area contributed by atoms with Gasteiger partial charge in [-0.25, -0.2) is 0 Å². The summed E-state index contributed by atoms with van der Waals surface area (Å²) < 4.78 is 8.70. The van der Waals surface area contributed by atoms with Crippen molar-refractivity contribution in [3.63, 3.8) is 0 Å². The minimum Gasteiger partial charge on any atom is -0.134 e. The molecule has 0 aromatic carbocycles. The minimum atomic E-state index is -2.87. The Balaban J connectivity index is 0. The predicted octanol–water partition coefficient (Wildman–Crippen LogP) is -0.752. The molecule has 0 rings (SSSR count). The molecule has 5 heavy (non-hydrogen) atoms. The van der Waals surface area contributed by atoms with Crippen LogP contribution in [0.2, 0.25) is 0 Å². The molecule has 0 spiro atoms. The first-order chi connectivity index (χ1) is 1.73. The van der Waals surface area contributed by atoms with Gasteiger partial charge < -0.3 is 0 Å². The third-order valence-corrected chi connectivity index (χ3v) is 0. The van der Waals surface area contributed by atoms with Gasteiger partial charge in [-0.1, -0.05) is 0 Å². The molecule has 0 amide bonds. The van der Waals surface area contributed by atoms with E-state index < -0.39 is 8.25 Å². The molecule has 0 atom stereocenters. The molecule has 0 saturated heterocycles. The van der Waals surface area contributed by atoms with Gasteiger partial charge in [-0.3, -0.25) is 0 Å². The molecule has 0 saturated carbocycles. The second kappa shape index (κ2) is 5.59. The zero-order chi connectivity index (χ0) is 3.58. The maximum atomic E-state index is 8.70. The summed E-state index contributed by atoms with van der Waals surface area (Å²) in [6.07, 6.45) is 0. The van der Waals surface area contributed by atoms with Crippen LogP contribution in [0.3, 0.4) is 0 Å². The van der Waals surface area contributed by atoms with Gasteiger partial charge >= 0.3 is 8.25 Å². The van der Waals surface area contributed by atoms with Crippen molar-refractivity contribution in [2.75, 3.05) is 0 Å². The van der Waals surface area contributed by atoms with E-state index in [9.17, 15) is 0 Å². The van der Waals surface area contributed by atoms with E-state index in [0.29, 0.717) is 0 Å². The van der Waals surface area contributed by atoms with Crippen LogP contribution in [0, 0.1) is 0 Å². The third kappa shape index (κ3) is 28.5. The maximum absolute atomic E-state index is 8.70. The molecule has 0 aliphatic rings. The molecule has 5 heteroatoms. The molecule has 0 aromatic rings. The van der Waals surface area contributed by atoms with E-state index in [1.807, 2.05) is 0 Å². The summed E-state index contributed by atoms with van der Waals surface area (Å²) in [6.45, 7) is 0. The van der Waals surface area contributed by atoms with E-state index in [4.69, 9.17) is 14.4 Å². The standard InChI is InChI=1S/Ba.HO3P/c;1-4(2)3/h;(H-,1,2,3)/p+1. The Kier molecular flexibility index (Phi) is 10.9. The van der Waals surface area contributed by atoms with E-state index in [1.54, 1.807) is 0 Å². The van der Waals surface area contributed by atoms with Crippen LogP contribution in [0.1, 0.15) is 0 Å². The third-order valence-electron chi connectivity index (χ3n) is 0. The van der Waals surface area contributed by atoms with Crippen molar-refractivity contribution in [3.05, 3.63) is 0 Å². The molecule has 2 radical (unpaired) electrons. The fraction of sp³-hybridized carbons (Fsp3) is 0. The predicted molar refractivity (Wildman–Crippen MR) is 17.8 cm³/mol. The van der Waals surface area contributed by atoms with Crippen molar-refractivity contribution in [1.82, 2.24) is 0 Å². The van der Waals surface area contributed by atoms with Crippen molar-refractivity contribution >= 4 is 57.1 Å². The smallest absolute Gasteiger partial charge is 0.134 e. The Labute approximate surface area is 70.4 Å². The Morgan fingerprint density at radius 1 is 1.40 bits per heavy atom. The van der Waals surface area contributed by atoms with E-state index >= 15 is 0 Å². The Morgan fingerprint density at radius 3 is 1.40 bits per heavy atom. The van der Waals surface area contributed by atoms with Crippen LogP contribution >= 0.6 is 8.25 Å². The molecule has 0 heterocycles. The molecule has 2 N–H and O–H groups in total. The number of rotatable bonds is 0. The minimum absolute atomic E-state index is 0. The molecule has 0 bridgehead atoms. The van der Waals surface area contributed by atoms with E-state index in [1.165, 1.54) is 0 Å². The molecule has 3 nitrogen and oxygen atoms in total. The van der Waals surface area contributed by atoms with Crippen LogP contribution in [-0.4, -0.2) is 58.7 Å². The van der Waals surface area contributed by atoms with Gasteiger partial charge in [0.1, 0.15) is 0 Å². The van der Waals surface area contributed by atoms with Crippen molar-refractivity contribution in [2.45, 2.75) is 0 Å². The summed E-state index contributed by atoms with van der Waals surface area (Å²) in [5.41, 5.74) is 0. The summed E-state index contributed by atoms with van der Waals surface area (Å²) in [7, 11) is -2.87. The second-order valence-electron chi connectivity index (χ2n) is 0.253. The topological polar surface area (TPSA) is 57.5 Å². The summed E-state index contributed by atoms with van der Waals surface area (Å²) in [5.74, 6) is 0. The fourth-order valence-electron chi connectivity index (χ4n) is 0. The molecular weight excluding hydrogens is 216 g/mol. The van der Waals surface area contributed by atoms with Crippen molar-refractivity contribution in [3.8, 4) is 0 Å². The number of hydrogen-bond acceptors (Lipinski definition) is 1. The van der Waals surface area contributed by atoms with Gasteiger partial charge in [0.2, 0.25) is 0 Å². The first kappa shape index (κ1) is 9.78. The van der Waals surface area contributed by atoms with Gasteiger partial charge in [-0.15, -0.1) is 9.79 Å². The summed E-state index contributed by atoms with van der Waals surface area (Å²) in [4.78, 5) is 14.2. The summed E-state index contributed by atoms with van der Waals surface area (Å²) in [5, 5.41) is 0. The average molecular weight is 218 g/mol. The number of hydrogen-bond donors (Lipinski definition) is 2. The summed E-state index contributed by atoms with van der Waals surface area (Å²) >= 11 is 0. The zero-order valence-electron chi connectivity index (χ0n) is 2.46. The van der Waals surface area contributed by atoms with Crippen LogP contribution in [0.25, 0.3) is 0 Å². The first-order valence-electron chi connectivity index (χ1n) is 0.583. The largest absolute Gasteiger partial charge is 0.692 e. The van der Waals surface area contributed by atoms with E-state index in [-0.39, 0.29) is 48.9 Å². The van der Waals surface area contributed by atoms with Crippen LogP contribution < -0.4 is 0 Å². The monoisotopic (exact) mass is 219 g/mol. The molecular formula is H2BaO3P+. The SMILES string of the molecule is O=[P+](O)O.[Ba]. The molecule has 0 aliphatic carbocycles. The first-order valence-corrected chi connectivity index (χ1v) is 1.75. The summed E-state index contributed by atoms with van der Waals surface area (Å²) in [6, 6.07) is 0. The maximum Gasteiger partial charge on any atom is 0.692 e. The van der Waals surface area contributed by atoms with Crippen LogP contribution in [0.15, 0.2) is 0 Å². The van der Waals surface area contributed by atoms with Crippen molar-refractivity contribution in [2.24, 2.45) is 0 Å². The molecule has 0 aliphatic heterocycles. The van der Waals surface area contributed by atoms with Gasteiger partial charge in [0.25, 0.3) is 0 Å². The molecule has 0 fully saturated rings. The van der Waals surface area contributed by atoms with Crippen LogP contribution in [0.5, 0.6) is 0 Å². The second-order valence-corrected chi connectivity index (χ2v) is 0.758.